The Morgan fingerprint density at radius 1 is 1.12 bits per heavy atom. The predicted octanol–water partition coefficient (Wildman–Crippen LogP) is 1.38. The molecule has 1 saturated carbocycles. The fourth-order valence-corrected chi connectivity index (χ4v) is 4.92. The van der Waals surface area contributed by atoms with E-state index in [1.165, 1.54) is 4.31 Å². The maximum absolute atomic E-state index is 12.5. The monoisotopic (exact) mass is 380 g/mol. The summed E-state index contributed by atoms with van der Waals surface area (Å²) in [5.41, 5.74) is 0.901. The van der Waals surface area contributed by atoms with Crippen LogP contribution in [0.25, 0.3) is 0 Å². The molecule has 1 aliphatic carbocycles. The maximum atomic E-state index is 12.5. The number of carbonyl (C=O) groups is 2. The summed E-state index contributed by atoms with van der Waals surface area (Å²) < 4.78 is 26.4. The Morgan fingerprint density at radius 3 is 2.31 bits per heavy atom. The topological polar surface area (TPSA) is 104 Å². The zero-order valence-electron chi connectivity index (χ0n) is 14.6. The van der Waals surface area contributed by atoms with Crippen LogP contribution in [0.1, 0.15) is 37.7 Å². The molecule has 2 aliphatic rings. The number of rotatable bonds is 7. The van der Waals surface area contributed by atoms with Crippen LogP contribution in [0.15, 0.2) is 29.2 Å². The van der Waals surface area contributed by atoms with E-state index in [1.54, 1.807) is 24.3 Å². The molecule has 1 heterocycles. The zero-order chi connectivity index (χ0) is 18.7. The number of aliphatic carboxylic acids is 1. The Labute approximate surface area is 153 Å². The van der Waals surface area contributed by atoms with Gasteiger partial charge in [-0.2, -0.15) is 4.31 Å². The van der Waals surface area contributed by atoms with Crippen LogP contribution in [0.4, 0.5) is 0 Å². The van der Waals surface area contributed by atoms with E-state index < -0.39 is 16.0 Å². The van der Waals surface area contributed by atoms with Gasteiger partial charge in [0.25, 0.3) is 0 Å². The van der Waals surface area contributed by atoms with Crippen LogP contribution >= 0.6 is 0 Å². The van der Waals surface area contributed by atoms with Crippen molar-refractivity contribution in [3.05, 3.63) is 29.8 Å². The van der Waals surface area contributed by atoms with Gasteiger partial charge in [0.2, 0.25) is 15.9 Å². The van der Waals surface area contributed by atoms with E-state index in [9.17, 15) is 18.0 Å². The van der Waals surface area contributed by atoms with Crippen LogP contribution in [0, 0.1) is 5.92 Å². The number of carbonyl (C=O) groups excluding carboxylic acids is 1. The minimum absolute atomic E-state index is 0.0448. The van der Waals surface area contributed by atoms with Crippen molar-refractivity contribution in [2.45, 2.75) is 49.5 Å². The largest absolute Gasteiger partial charge is 0.481 e. The molecule has 26 heavy (non-hydrogen) atoms. The summed E-state index contributed by atoms with van der Waals surface area (Å²) in [4.78, 5) is 23.0. The lowest BCUT2D eigenvalue weighted by atomic mass is 9.80. The third-order valence-electron chi connectivity index (χ3n) is 5.12. The Morgan fingerprint density at radius 2 is 1.73 bits per heavy atom. The average molecular weight is 380 g/mol. The first-order chi connectivity index (χ1) is 12.4. The molecule has 2 N–H and O–H groups in total. The van der Waals surface area contributed by atoms with E-state index >= 15 is 0 Å². The summed E-state index contributed by atoms with van der Waals surface area (Å²) in [6.07, 6.45) is 3.60. The van der Waals surface area contributed by atoms with Gasteiger partial charge in [0, 0.05) is 25.6 Å². The van der Waals surface area contributed by atoms with Crippen LogP contribution < -0.4 is 5.32 Å². The molecule has 7 nitrogen and oxygen atoms in total. The molecular weight excluding hydrogens is 356 g/mol. The molecule has 1 aromatic rings. The summed E-state index contributed by atoms with van der Waals surface area (Å²) in [6, 6.07) is 6.66. The summed E-state index contributed by atoms with van der Waals surface area (Å²) in [5.74, 6) is -1.25. The molecule has 8 heteroatoms. The number of nitrogens with one attached hydrogen (secondary N) is 1. The second-order valence-corrected chi connectivity index (χ2v) is 8.96. The van der Waals surface area contributed by atoms with Crippen LogP contribution in [-0.2, 0) is 26.0 Å². The fourth-order valence-electron chi connectivity index (χ4n) is 3.40. The van der Waals surface area contributed by atoms with E-state index in [0.717, 1.165) is 18.4 Å². The number of hydrogen-bond donors (Lipinski definition) is 2. The molecule has 142 valence electrons. The number of carboxylic acids is 1. The minimum atomic E-state index is -3.40. The van der Waals surface area contributed by atoms with Crippen LogP contribution in [0.2, 0.25) is 0 Å². The number of benzene rings is 1. The number of aryl methyl sites for hydroxylation is 1. The fraction of sp³-hybridized carbons (Fsp3) is 0.556. The average Bonchev–Trinajstić information content (AvgIpc) is 3.11. The standard InChI is InChI=1S/C18H24N2O5S/c21-17(19-15-11-14(12-15)18(22)23)8-5-13-3-6-16(7-4-13)26(24,25)20-9-1-2-10-20/h3-4,6-7,14-15H,1-2,5,8-12H2,(H,19,21)(H,22,23). The Kier molecular flexibility index (Phi) is 5.62. The molecule has 0 atom stereocenters. The van der Waals surface area contributed by atoms with Gasteiger partial charge in [-0.05, 0) is 49.8 Å². The second-order valence-electron chi connectivity index (χ2n) is 7.03. The van der Waals surface area contributed by atoms with Crippen molar-refractivity contribution in [1.29, 1.82) is 0 Å². The van der Waals surface area contributed by atoms with E-state index in [-0.39, 0.29) is 17.9 Å². The highest BCUT2D eigenvalue weighted by atomic mass is 32.2. The van der Waals surface area contributed by atoms with Gasteiger partial charge >= 0.3 is 5.97 Å². The summed E-state index contributed by atoms with van der Waals surface area (Å²) in [6.45, 7) is 1.16. The molecule has 0 unspecified atom stereocenters. The van der Waals surface area contributed by atoms with Crippen molar-refractivity contribution in [1.82, 2.24) is 9.62 Å². The number of nitrogens with zero attached hydrogens (tertiary/aromatic N) is 1. The lowest BCUT2D eigenvalue weighted by molar-refractivity contribution is -0.146. The maximum Gasteiger partial charge on any atom is 0.306 e. The molecule has 0 bridgehead atoms. The van der Waals surface area contributed by atoms with Crippen LogP contribution in [-0.4, -0.2) is 48.8 Å². The van der Waals surface area contributed by atoms with E-state index in [2.05, 4.69) is 5.32 Å². The molecule has 0 radical (unpaired) electrons. The Hall–Kier alpha value is -1.93. The molecule has 1 amide bonds. The van der Waals surface area contributed by atoms with E-state index in [4.69, 9.17) is 5.11 Å². The molecule has 2 fully saturated rings. The minimum Gasteiger partial charge on any atom is -0.481 e. The van der Waals surface area contributed by atoms with Gasteiger partial charge < -0.3 is 10.4 Å². The lowest BCUT2D eigenvalue weighted by Crippen LogP contribution is -2.46. The first-order valence-corrected chi connectivity index (χ1v) is 10.4. The molecule has 0 aromatic heterocycles. The van der Waals surface area contributed by atoms with Crippen molar-refractivity contribution in [2.24, 2.45) is 5.92 Å². The molecule has 0 spiro atoms. The van der Waals surface area contributed by atoms with Crippen molar-refractivity contribution in [2.75, 3.05) is 13.1 Å². The first kappa shape index (κ1) is 18.8. The number of carboxylic acid groups (broad SMARTS) is 1. The SMILES string of the molecule is O=C(CCc1ccc(S(=O)(=O)N2CCCC2)cc1)NC1CC(C(=O)O)C1. The van der Waals surface area contributed by atoms with Crippen molar-refractivity contribution < 1.29 is 23.1 Å². The molecule has 1 aliphatic heterocycles. The molecule has 1 saturated heterocycles. The van der Waals surface area contributed by atoms with Crippen molar-refractivity contribution in [3.8, 4) is 0 Å². The van der Waals surface area contributed by atoms with Crippen LogP contribution in [0.5, 0.6) is 0 Å². The highest BCUT2D eigenvalue weighted by Gasteiger charge is 2.35. The van der Waals surface area contributed by atoms with Crippen molar-refractivity contribution >= 4 is 21.9 Å². The van der Waals surface area contributed by atoms with Gasteiger partial charge in [0.15, 0.2) is 0 Å². The van der Waals surface area contributed by atoms with Gasteiger partial charge in [0.05, 0.1) is 10.8 Å². The molecule has 3 rings (SSSR count). The quantitative estimate of drug-likeness (QED) is 0.744. The predicted molar refractivity (Wildman–Crippen MR) is 95.0 cm³/mol. The number of amides is 1. The normalized spacial score (nSPS) is 23.4. The van der Waals surface area contributed by atoms with Gasteiger partial charge in [-0.25, -0.2) is 8.42 Å². The first-order valence-electron chi connectivity index (χ1n) is 8.97. The molecule has 1 aromatic carbocycles. The van der Waals surface area contributed by atoms with Gasteiger partial charge in [-0.15, -0.1) is 0 Å². The lowest BCUT2D eigenvalue weighted by Gasteiger charge is -2.32. The second kappa shape index (κ2) is 7.75. The van der Waals surface area contributed by atoms with E-state index in [1.807, 2.05) is 0 Å². The molecular formula is C18H24N2O5S. The summed E-state index contributed by atoms with van der Waals surface area (Å²) in [7, 11) is -3.40. The zero-order valence-corrected chi connectivity index (χ0v) is 15.4. The number of sulfonamides is 1. The summed E-state index contributed by atoms with van der Waals surface area (Å²) >= 11 is 0. The van der Waals surface area contributed by atoms with Crippen molar-refractivity contribution in [3.63, 3.8) is 0 Å². The third-order valence-corrected chi connectivity index (χ3v) is 7.03. The smallest absolute Gasteiger partial charge is 0.306 e. The van der Waals surface area contributed by atoms with E-state index in [0.29, 0.717) is 43.7 Å². The van der Waals surface area contributed by atoms with Crippen LogP contribution in [0.3, 0.4) is 0 Å². The Balaban J connectivity index is 1.47. The van der Waals surface area contributed by atoms with Gasteiger partial charge in [-0.3, -0.25) is 9.59 Å². The number of hydrogen-bond acceptors (Lipinski definition) is 4. The highest BCUT2D eigenvalue weighted by molar-refractivity contribution is 7.89. The van der Waals surface area contributed by atoms with Gasteiger partial charge in [0.1, 0.15) is 0 Å². The van der Waals surface area contributed by atoms with Gasteiger partial charge in [-0.1, -0.05) is 12.1 Å². The highest BCUT2D eigenvalue weighted by Crippen LogP contribution is 2.27. The Bertz CT molecular complexity index is 763. The third kappa shape index (κ3) is 4.24. The summed E-state index contributed by atoms with van der Waals surface area (Å²) in [5, 5.41) is 11.7.